The third-order valence-corrected chi connectivity index (χ3v) is 6.84. The van der Waals surface area contributed by atoms with Gasteiger partial charge in [0.05, 0.1) is 41.0 Å². The molecule has 9 heteroatoms. The topological polar surface area (TPSA) is 69.3 Å². The predicted octanol–water partition coefficient (Wildman–Crippen LogP) is 5.82. The van der Waals surface area contributed by atoms with Crippen molar-refractivity contribution >= 4 is 39.2 Å². The molecule has 0 saturated heterocycles. The van der Waals surface area contributed by atoms with Crippen molar-refractivity contribution < 1.29 is 23.7 Å². The van der Waals surface area contributed by atoms with E-state index in [0.29, 0.717) is 22.3 Å². The molecule has 0 aliphatic carbocycles. The van der Waals surface area contributed by atoms with E-state index in [1.165, 1.54) is 7.11 Å². The number of halogens is 2. The van der Waals surface area contributed by atoms with Gasteiger partial charge in [-0.2, -0.15) is 0 Å². The predicted molar refractivity (Wildman–Crippen MR) is 139 cm³/mol. The highest BCUT2D eigenvalue weighted by Crippen LogP contribution is 2.48. The number of carbonyl (C=O) groups is 1. The lowest BCUT2D eigenvalue weighted by molar-refractivity contribution is -0.143. The van der Waals surface area contributed by atoms with Crippen molar-refractivity contribution in [3.05, 3.63) is 80.8 Å². The Kier molecular flexibility index (Phi) is 7.74. The molecule has 4 rings (SSSR count). The van der Waals surface area contributed by atoms with Gasteiger partial charge in [-0.25, -0.2) is 0 Å². The summed E-state index contributed by atoms with van der Waals surface area (Å²) in [5, 5.41) is 4.18. The minimum Gasteiger partial charge on any atom is -0.493 e. The van der Waals surface area contributed by atoms with Crippen LogP contribution in [0.3, 0.4) is 0 Å². The van der Waals surface area contributed by atoms with E-state index in [1.54, 1.807) is 21.3 Å². The first-order valence-corrected chi connectivity index (χ1v) is 12.0. The van der Waals surface area contributed by atoms with Gasteiger partial charge >= 0.3 is 5.97 Å². The molecule has 0 spiro atoms. The van der Waals surface area contributed by atoms with Crippen LogP contribution < -0.4 is 19.5 Å². The lowest BCUT2D eigenvalue weighted by Gasteiger charge is -2.44. The van der Waals surface area contributed by atoms with Gasteiger partial charge in [-0.15, -0.1) is 0 Å². The maximum Gasteiger partial charge on any atom is 0.319 e. The van der Waals surface area contributed by atoms with Crippen molar-refractivity contribution in [2.75, 3.05) is 40.3 Å². The Morgan fingerprint density at radius 2 is 1.66 bits per heavy atom. The zero-order valence-electron chi connectivity index (χ0n) is 19.8. The van der Waals surface area contributed by atoms with Crippen molar-refractivity contribution in [1.82, 2.24) is 4.90 Å². The molecule has 0 unspecified atom stereocenters. The molecular weight excluding hydrogens is 536 g/mol. The second-order valence-electron chi connectivity index (χ2n) is 7.91. The standard InChI is InChI=1S/C26H26BrClN2O5/c1-32-21-11-15(12-22(33-2)25(21)35-4)26-29-20-10-9-16(27)13-18(20)24(30(26)14-23(31)34-3)17-7-5-6-8-19(17)28/h5-13,24,26,29H,14H2,1-4H3/t24-,26+/m1/s1. The molecule has 1 heterocycles. The molecule has 2 atom stereocenters. The van der Waals surface area contributed by atoms with E-state index in [1.807, 2.05) is 59.5 Å². The fraction of sp³-hybridized carbons (Fsp3) is 0.269. The summed E-state index contributed by atoms with van der Waals surface area (Å²) >= 11 is 10.3. The van der Waals surface area contributed by atoms with Crippen molar-refractivity contribution in [2.45, 2.75) is 12.2 Å². The number of nitrogens with zero attached hydrogens (tertiary/aromatic N) is 1. The number of methoxy groups -OCH3 is 4. The van der Waals surface area contributed by atoms with E-state index < -0.39 is 6.17 Å². The Morgan fingerprint density at radius 3 is 2.26 bits per heavy atom. The number of anilines is 1. The fourth-order valence-corrected chi connectivity index (χ4v) is 5.04. The third kappa shape index (κ3) is 4.91. The quantitative estimate of drug-likeness (QED) is 0.365. The van der Waals surface area contributed by atoms with E-state index in [9.17, 15) is 4.79 Å². The fourth-order valence-electron chi connectivity index (χ4n) is 4.42. The average Bonchev–Trinajstić information content (AvgIpc) is 2.87. The first kappa shape index (κ1) is 25.2. The molecule has 3 aromatic carbocycles. The van der Waals surface area contributed by atoms with Crippen LogP contribution >= 0.6 is 27.5 Å². The normalized spacial score (nSPS) is 17.2. The zero-order chi connectivity index (χ0) is 25.1. The Hall–Kier alpha value is -2.94. The molecule has 1 aliphatic rings. The number of nitrogens with one attached hydrogen (secondary N) is 1. The van der Waals surface area contributed by atoms with Crippen molar-refractivity contribution in [3.8, 4) is 17.2 Å². The molecule has 0 bridgehead atoms. The number of esters is 1. The van der Waals surface area contributed by atoms with Crippen LogP contribution in [0, 0.1) is 0 Å². The monoisotopic (exact) mass is 560 g/mol. The van der Waals surface area contributed by atoms with Crippen LogP contribution in [0.2, 0.25) is 5.02 Å². The number of rotatable bonds is 7. The van der Waals surface area contributed by atoms with Gasteiger partial charge in [0.25, 0.3) is 0 Å². The Bertz CT molecular complexity index is 1210. The summed E-state index contributed by atoms with van der Waals surface area (Å²) in [5.74, 6) is 1.14. The molecule has 0 aromatic heterocycles. The molecule has 1 aliphatic heterocycles. The summed E-state index contributed by atoms with van der Waals surface area (Å²) in [6.07, 6.45) is -0.447. The van der Waals surface area contributed by atoms with E-state index >= 15 is 0 Å². The van der Waals surface area contributed by atoms with E-state index in [2.05, 4.69) is 21.2 Å². The summed E-state index contributed by atoms with van der Waals surface area (Å²) in [6, 6.07) is 17.0. The largest absolute Gasteiger partial charge is 0.493 e. The molecule has 7 nitrogen and oxygen atoms in total. The van der Waals surface area contributed by atoms with Gasteiger partial charge in [-0.3, -0.25) is 9.69 Å². The number of fused-ring (bicyclic) bond motifs is 1. The minimum atomic E-state index is -0.447. The van der Waals surface area contributed by atoms with E-state index in [4.69, 9.17) is 30.5 Å². The van der Waals surface area contributed by atoms with Gasteiger partial charge < -0.3 is 24.3 Å². The summed E-state index contributed by atoms with van der Waals surface area (Å²) in [4.78, 5) is 14.7. The van der Waals surface area contributed by atoms with Gasteiger partial charge in [0.15, 0.2) is 11.5 Å². The second-order valence-corrected chi connectivity index (χ2v) is 9.23. The summed E-state index contributed by atoms with van der Waals surface area (Å²) in [7, 11) is 6.08. The first-order chi connectivity index (χ1) is 16.9. The number of ether oxygens (including phenoxy) is 4. The number of hydrogen-bond donors (Lipinski definition) is 1. The van der Waals surface area contributed by atoms with E-state index in [0.717, 1.165) is 26.9 Å². The number of hydrogen-bond acceptors (Lipinski definition) is 7. The number of benzene rings is 3. The highest BCUT2D eigenvalue weighted by Gasteiger charge is 2.39. The summed E-state index contributed by atoms with van der Waals surface area (Å²) in [5.41, 5.74) is 3.57. The Morgan fingerprint density at radius 1 is 0.971 bits per heavy atom. The van der Waals surface area contributed by atoms with Crippen molar-refractivity contribution in [3.63, 3.8) is 0 Å². The maximum atomic E-state index is 12.6. The molecule has 35 heavy (non-hydrogen) atoms. The van der Waals surface area contributed by atoms with Crippen LogP contribution in [0.15, 0.2) is 59.1 Å². The third-order valence-electron chi connectivity index (χ3n) is 6.01. The smallest absolute Gasteiger partial charge is 0.319 e. The average molecular weight is 562 g/mol. The molecule has 1 N–H and O–H groups in total. The molecule has 0 amide bonds. The molecule has 0 saturated carbocycles. The van der Waals surface area contributed by atoms with Crippen LogP contribution in [0.4, 0.5) is 5.69 Å². The highest BCUT2D eigenvalue weighted by molar-refractivity contribution is 9.10. The van der Waals surface area contributed by atoms with Crippen LogP contribution in [-0.4, -0.2) is 45.9 Å². The summed E-state index contributed by atoms with van der Waals surface area (Å²) < 4.78 is 22.7. The molecule has 0 fully saturated rings. The van der Waals surface area contributed by atoms with Gasteiger partial charge in [-0.1, -0.05) is 45.7 Å². The molecule has 0 radical (unpaired) electrons. The molecule has 184 valence electrons. The van der Waals surface area contributed by atoms with Crippen molar-refractivity contribution in [2.24, 2.45) is 0 Å². The SMILES string of the molecule is COC(=O)CN1[C@H](c2ccccc2Cl)c2cc(Br)ccc2N[C@@H]1c1cc(OC)c(OC)c(OC)c1. The van der Waals surface area contributed by atoms with Gasteiger partial charge in [-0.05, 0) is 53.1 Å². The first-order valence-electron chi connectivity index (χ1n) is 10.8. The maximum absolute atomic E-state index is 12.6. The van der Waals surface area contributed by atoms with Crippen LogP contribution in [0.1, 0.15) is 28.9 Å². The van der Waals surface area contributed by atoms with Gasteiger partial charge in [0.1, 0.15) is 6.17 Å². The van der Waals surface area contributed by atoms with Crippen molar-refractivity contribution in [1.29, 1.82) is 0 Å². The van der Waals surface area contributed by atoms with Crippen LogP contribution in [0.5, 0.6) is 17.2 Å². The molecular formula is C26H26BrClN2O5. The minimum absolute atomic E-state index is 0.00662. The zero-order valence-corrected chi connectivity index (χ0v) is 22.1. The van der Waals surface area contributed by atoms with Gasteiger partial charge in [0, 0.05) is 15.2 Å². The molecule has 3 aromatic rings. The van der Waals surface area contributed by atoms with Gasteiger partial charge in [0.2, 0.25) is 5.75 Å². The lowest BCUT2D eigenvalue weighted by atomic mass is 9.91. The van der Waals surface area contributed by atoms with E-state index in [-0.39, 0.29) is 18.6 Å². The lowest BCUT2D eigenvalue weighted by Crippen LogP contribution is -2.44. The Balaban J connectivity index is 1.96. The number of carbonyl (C=O) groups excluding carboxylic acids is 1. The van der Waals surface area contributed by atoms with Crippen LogP contribution in [-0.2, 0) is 9.53 Å². The summed E-state index contributed by atoms with van der Waals surface area (Å²) in [6.45, 7) is 0.00662. The highest BCUT2D eigenvalue weighted by atomic mass is 79.9. The Labute approximate surface area is 218 Å². The van der Waals surface area contributed by atoms with Crippen LogP contribution in [0.25, 0.3) is 0 Å². The second kappa shape index (κ2) is 10.8.